The number of anilines is 1. The van der Waals surface area contributed by atoms with E-state index < -0.39 is 12.6 Å². The molecule has 84 valence electrons. The molecule has 0 heterocycles. The fourth-order valence-corrected chi connectivity index (χ4v) is 2.25. The van der Waals surface area contributed by atoms with Crippen LogP contribution in [0.2, 0.25) is 0 Å². The number of hydrogen-bond acceptors (Lipinski definition) is 2. The number of benzene rings is 1. The Bertz CT molecular complexity index is 341. The third-order valence-corrected chi connectivity index (χ3v) is 3.20. The van der Waals surface area contributed by atoms with Crippen LogP contribution in [0.1, 0.15) is 6.42 Å². The summed E-state index contributed by atoms with van der Waals surface area (Å²) >= 11 is 4.34. The number of alkyl halides is 3. The Balaban J connectivity index is 2.51. The Morgan fingerprint density at radius 2 is 2.00 bits per heavy atom. The summed E-state index contributed by atoms with van der Waals surface area (Å²) in [6.07, 6.45) is -4.90. The molecule has 0 saturated heterocycles. The van der Waals surface area contributed by atoms with Gasteiger partial charge in [0.2, 0.25) is 0 Å². The van der Waals surface area contributed by atoms with Gasteiger partial charge in [-0.25, -0.2) is 0 Å². The number of nitrogen functional groups attached to an aromatic ring is 1. The first-order valence-corrected chi connectivity index (χ1v) is 5.91. The largest absolute Gasteiger partial charge is 0.398 e. The van der Waals surface area contributed by atoms with Gasteiger partial charge in [0.1, 0.15) is 0 Å². The topological polar surface area (TPSA) is 26.0 Å². The lowest BCUT2D eigenvalue weighted by atomic mass is 10.3. The first kappa shape index (κ1) is 12.7. The fourth-order valence-electron chi connectivity index (χ4n) is 0.927. The summed E-state index contributed by atoms with van der Waals surface area (Å²) < 4.78 is 36.4. The minimum Gasteiger partial charge on any atom is -0.398 e. The predicted molar refractivity (Wildman–Crippen MR) is 60.0 cm³/mol. The standard InChI is InChI=1S/C9H9BrF3NS/c10-6-1-2-8(7(14)5-6)15-4-3-9(11,12)13/h1-2,5H,3-4,14H2. The van der Waals surface area contributed by atoms with Crippen molar-refractivity contribution in [3.63, 3.8) is 0 Å². The summed E-state index contributed by atoms with van der Waals surface area (Å²) in [7, 11) is 0. The maximum absolute atomic E-state index is 11.9. The molecule has 0 aliphatic carbocycles. The highest BCUT2D eigenvalue weighted by atomic mass is 79.9. The van der Waals surface area contributed by atoms with Gasteiger partial charge in [0.05, 0.1) is 6.42 Å². The van der Waals surface area contributed by atoms with Crippen molar-refractivity contribution in [3.8, 4) is 0 Å². The monoisotopic (exact) mass is 299 g/mol. The molecule has 1 nitrogen and oxygen atoms in total. The minimum absolute atomic E-state index is 0.00463. The van der Waals surface area contributed by atoms with Crippen LogP contribution in [0.4, 0.5) is 18.9 Å². The smallest absolute Gasteiger partial charge is 0.389 e. The van der Waals surface area contributed by atoms with Crippen LogP contribution in [0.25, 0.3) is 0 Å². The normalized spacial score (nSPS) is 11.7. The van der Waals surface area contributed by atoms with Crippen molar-refractivity contribution in [2.75, 3.05) is 11.5 Å². The molecule has 1 aromatic rings. The molecular weight excluding hydrogens is 291 g/mol. The van der Waals surface area contributed by atoms with Crippen LogP contribution < -0.4 is 5.73 Å². The van der Waals surface area contributed by atoms with Crippen LogP contribution in [0.5, 0.6) is 0 Å². The lowest BCUT2D eigenvalue weighted by molar-refractivity contribution is -0.129. The molecule has 0 bridgehead atoms. The first-order valence-electron chi connectivity index (χ1n) is 4.13. The Morgan fingerprint density at radius 3 is 2.53 bits per heavy atom. The van der Waals surface area contributed by atoms with Gasteiger partial charge in [-0.1, -0.05) is 15.9 Å². The van der Waals surface area contributed by atoms with Crippen molar-refractivity contribution < 1.29 is 13.2 Å². The van der Waals surface area contributed by atoms with Gasteiger partial charge in [-0.2, -0.15) is 13.2 Å². The van der Waals surface area contributed by atoms with E-state index in [-0.39, 0.29) is 5.75 Å². The number of rotatable bonds is 3. The van der Waals surface area contributed by atoms with E-state index in [1.807, 2.05) is 0 Å². The van der Waals surface area contributed by atoms with Gasteiger partial charge in [-0.3, -0.25) is 0 Å². The van der Waals surface area contributed by atoms with Gasteiger partial charge in [0.15, 0.2) is 0 Å². The predicted octanol–water partition coefficient (Wildman–Crippen LogP) is 4.08. The average molecular weight is 300 g/mol. The van der Waals surface area contributed by atoms with Crippen LogP contribution in [0, 0.1) is 0 Å². The molecule has 0 atom stereocenters. The van der Waals surface area contributed by atoms with E-state index >= 15 is 0 Å². The van der Waals surface area contributed by atoms with Gasteiger partial charge in [-0.05, 0) is 18.2 Å². The molecular formula is C9H9BrF3NS. The zero-order valence-electron chi connectivity index (χ0n) is 7.64. The zero-order chi connectivity index (χ0) is 11.5. The molecule has 15 heavy (non-hydrogen) atoms. The summed E-state index contributed by atoms with van der Waals surface area (Å²) in [5.41, 5.74) is 6.14. The van der Waals surface area contributed by atoms with Crippen molar-refractivity contribution in [1.29, 1.82) is 0 Å². The Kier molecular flexibility index (Phi) is 4.33. The number of halogens is 4. The molecule has 0 amide bonds. The van der Waals surface area contributed by atoms with Gasteiger partial charge in [-0.15, -0.1) is 11.8 Å². The number of thioether (sulfide) groups is 1. The van der Waals surface area contributed by atoms with Gasteiger partial charge in [0, 0.05) is 20.8 Å². The van der Waals surface area contributed by atoms with E-state index in [1.54, 1.807) is 18.2 Å². The molecule has 0 spiro atoms. The highest BCUT2D eigenvalue weighted by molar-refractivity contribution is 9.10. The first-order chi connectivity index (χ1) is 6.88. The lowest BCUT2D eigenvalue weighted by Gasteiger charge is -2.07. The van der Waals surface area contributed by atoms with Crippen LogP contribution in [0.15, 0.2) is 27.6 Å². The molecule has 0 radical (unpaired) electrons. The number of nitrogens with two attached hydrogens (primary N) is 1. The van der Waals surface area contributed by atoms with Crippen LogP contribution >= 0.6 is 27.7 Å². The maximum atomic E-state index is 11.9. The van der Waals surface area contributed by atoms with Crippen molar-refractivity contribution in [1.82, 2.24) is 0 Å². The lowest BCUT2D eigenvalue weighted by Crippen LogP contribution is -2.08. The second-order valence-electron chi connectivity index (χ2n) is 2.90. The summed E-state index contributed by atoms with van der Waals surface area (Å²) in [5.74, 6) is -0.00463. The Labute approximate surface area is 98.4 Å². The summed E-state index contributed by atoms with van der Waals surface area (Å²) in [6.45, 7) is 0. The molecule has 0 saturated carbocycles. The molecule has 0 aliphatic rings. The SMILES string of the molecule is Nc1cc(Br)ccc1SCCC(F)(F)F. The summed E-state index contributed by atoms with van der Waals surface area (Å²) in [5, 5.41) is 0. The maximum Gasteiger partial charge on any atom is 0.389 e. The third kappa shape index (κ3) is 4.79. The quantitative estimate of drug-likeness (QED) is 0.672. The van der Waals surface area contributed by atoms with E-state index in [0.717, 1.165) is 16.2 Å². The zero-order valence-corrected chi connectivity index (χ0v) is 10.0. The van der Waals surface area contributed by atoms with Crippen molar-refractivity contribution in [2.24, 2.45) is 0 Å². The van der Waals surface area contributed by atoms with Gasteiger partial charge < -0.3 is 5.73 Å². The van der Waals surface area contributed by atoms with E-state index in [4.69, 9.17) is 5.73 Å². The third-order valence-electron chi connectivity index (χ3n) is 1.61. The van der Waals surface area contributed by atoms with Crippen LogP contribution in [-0.2, 0) is 0 Å². The van der Waals surface area contributed by atoms with Crippen molar-refractivity contribution >= 4 is 33.4 Å². The highest BCUT2D eigenvalue weighted by Gasteiger charge is 2.26. The van der Waals surface area contributed by atoms with Crippen LogP contribution in [0.3, 0.4) is 0 Å². The molecule has 1 aromatic carbocycles. The Morgan fingerprint density at radius 1 is 1.33 bits per heavy atom. The van der Waals surface area contributed by atoms with Crippen LogP contribution in [-0.4, -0.2) is 11.9 Å². The Hall–Kier alpha value is -0.360. The van der Waals surface area contributed by atoms with E-state index in [2.05, 4.69) is 15.9 Å². The molecule has 1 rings (SSSR count). The molecule has 0 aromatic heterocycles. The van der Waals surface area contributed by atoms with Crippen molar-refractivity contribution in [2.45, 2.75) is 17.5 Å². The average Bonchev–Trinajstić information content (AvgIpc) is 2.07. The van der Waals surface area contributed by atoms with E-state index in [0.29, 0.717) is 10.6 Å². The van der Waals surface area contributed by atoms with E-state index in [9.17, 15) is 13.2 Å². The molecule has 0 fully saturated rings. The molecule has 0 unspecified atom stereocenters. The fraction of sp³-hybridized carbons (Fsp3) is 0.333. The van der Waals surface area contributed by atoms with E-state index in [1.165, 1.54) is 0 Å². The molecule has 2 N–H and O–H groups in total. The summed E-state index contributed by atoms with van der Waals surface area (Å²) in [6, 6.07) is 5.14. The van der Waals surface area contributed by atoms with Gasteiger partial charge in [0.25, 0.3) is 0 Å². The van der Waals surface area contributed by atoms with Gasteiger partial charge >= 0.3 is 6.18 Å². The van der Waals surface area contributed by atoms with Crippen molar-refractivity contribution in [3.05, 3.63) is 22.7 Å². The number of hydrogen-bond donors (Lipinski definition) is 1. The summed E-state index contributed by atoms with van der Waals surface area (Å²) in [4.78, 5) is 0.683. The second kappa shape index (κ2) is 5.12. The molecule has 6 heteroatoms. The molecule has 0 aliphatic heterocycles. The highest BCUT2D eigenvalue weighted by Crippen LogP contribution is 2.30. The minimum atomic E-state index is -4.10. The second-order valence-corrected chi connectivity index (χ2v) is 4.95.